The number of hydrogen-bond donors (Lipinski definition) is 1. The number of halogens is 3. The maximum absolute atomic E-state index is 12.1. The Balaban J connectivity index is 3.21. The van der Waals surface area contributed by atoms with Crippen molar-refractivity contribution in [3.8, 4) is 5.75 Å². The van der Waals surface area contributed by atoms with Crippen molar-refractivity contribution in [2.75, 3.05) is 0 Å². The van der Waals surface area contributed by atoms with Crippen LogP contribution < -0.4 is 10.5 Å². The second-order valence-corrected chi connectivity index (χ2v) is 2.99. The Hall–Kier alpha value is -1.63. The number of ether oxygens (including phenoxy) is 1. The molecule has 0 aliphatic rings. The molecule has 88 valence electrons. The van der Waals surface area contributed by atoms with Gasteiger partial charge in [0.25, 0.3) is 0 Å². The Labute approximate surface area is 89.2 Å². The van der Waals surface area contributed by atoms with Crippen LogP contribution in [0.2, 0.25) is 0 Å². The Morgan fingerprint density at radius 1 is 1.56 bits per heavy atom. The van der Waals surface area contributed by atoms with Gasteiger partial charge in [-0.25, -0.2) is 4.98 Å². The average molecular weight is 234 g/mol. The maximum Gasteiger partial charge on any atom is 0.573 e. The van der Waals surface area contributed by atoms with Gasteiger partial charge < -0.3 is 10.5 Å². The second kappa shape index (κ2) is 4.48. The van der Waals surface area contributed by atoms with Gasteiger partial charge in [-0.1, -0.05) is 0 Å². The molecule has 1 rings (SSSR count). The Morgan fingerprint density at radius 3 is 2.62 bits per heavy atom. The molecule has 0 saturated carbocycles. The van der Waals surface area contributed by atoms with Gasteiger partial charge in [0, 0.05) is 12.1 Å². The van der Waals surface area contributed by atoms with Crippen molar-refractivity contribution >= 4 is 6.29 Å². The van der Waals surface area contributed by atoms with Crippen molar-refractivity contribution in [2.24, 2.45) is 5.73 Å². The van der Waals surface area contributed by atoms with Gasteiger partial charge in [0.15, 0.2) is 12.0 Å². The predicted octanol–water partition coefficient (Wildman–Crippen LogP) is 1.56. The molecule has 0 aliphatic carbocycles. The molecule has 0 atom stereocenters. The van der Waals surface area contributed by atoms with Crippen molar-refractivity contribution in [2.45, 2.75) is 19.8 Å². The van der Waals surface area contributed by atoms with Gasteiger partial charge in [0.2, 0.25) is 0 Å². The van der Waals surface area contributed by atoms with Crippen LogP contribution in [0.3, 0.4) is 0 Å². The van der Waals surface area contributed by atoms with Crippen molar-refractivity contribution in [1.29, 1.82) is 0 Å². The molecule has 0 unspecified atom stereocenters. The summed E-state index contributed by atoms with van der Waals surface area (Å²) in [4.78, 5) is 14.1. The molecule has 1 heterocycles. The summed E-state index contributed by atoms with van der Waals surface area (Å²) in [5.41, 5.74) is 5.36. The number of carbonyl (C=O) groups excluding carboxylic acids is 1. The van der Waals surface area contributed by atoms with E-state index < -0.39 is 12.1 Å². The Bertz CT molecular complexity index is 404. The highest BCUT2D eigenvalue weighted by molar-refractivity contribution is 5.72. The van der Waals surface area contributed by atoms with Crippen LogP contribution >= 0.6 is 0 Å². The average Bonchev–Trinajstić information content (AvgIpc) is 2.19. The van der Waals surface area contributed by atoms with Crippen molar-refractivity contribution < 1.29 is 22.7 Å². The number of nitrogens with two attached hydrogens (primary N) is 1. The number of nitrogens with zero attached hydrogens (tertiary/aromatic N) is 1. The third-order valence-corrected chi connectivity index (χ3v) is 1.80. The lowest BCUT2D eigenvalue weighted by Crippen LogP contribution is -2.20. The zero-order chi connectivity index (χ0) is 12.3. The van der Waals surface area contributed by atoms with E-state index in [2.05, 4.69) is 9.72 Å². The van der Waals surface area contributed by atoms with Crippen LogP contribution in [0.1, 0.15) is 21.7 Å². The fourth-order valence-electron chi connectivity index (χ4n) is 1.22. The largest absolute Gasteiger partial charge is 0.573 e. The van der Waals surface area contributed by atoms with Crippen molar-refractivity contribution in [1.82, 2.24) is 4.98 Å². The van der Waals surface area contributed by atoms with Crippen LogP contribution in [0.15, 0.2) is 6.07 Å². The summed E-state index contributed by atoms with van der Waals surface area (Å²) in [5, 5.41) is 0. The van der Waals surface area contributed by atoms with E-state index in [4.69, 9.17) is 5.73 Å². The van der Waals surface area contributed by atoms with E-state index in [0.717, 1.165) is 0 Å². The van der Waals surface area contributed by atoms with E-state index in [1.807, 2.05) is 0 Å². The highest BCUT2D eigenvalue weighted by Gasteiger charge is 2.33. The number of hydrogen-bond acceptors (Lipinski definition) is 4. The van der Waals surface area contributed by atoms with Gasteiger partial charge in [-0.3, -0.25) is 4.79 Å². The molecule has 0 amide bonds. The number of aromatic nitrogens is 1. The quantitative estimate of drug-likeness (QED) is 0.806. The fraction of sp³-hybridized carbons (Fsp3) is 0.333. The van der Waals surface area contributed by atoms with E-state index in [9.17, 15) is 18.0 Å². The van der Waals surface area contributed by atoms with Crippen LogP contribution in [-0.4, -0.2) is 17.6 Å². The number of aldehydes is 1. The van der Waals surface area contributed by atoms with Gasteiger partial charge in [0.1, 0.15) is 5.69 Å². The van der Waals surface area contributed by atoms with Crippen LogP contribution in [-0.2, 0) is 6.54 Å². The number of aryl methyl sites for hydroxylation is 1. The molecular formula is C9H9F3N2O2. The van der Waals surface area contributed by atoms with Crippen molar-refractivity contribution in [3.05, 3.63) is 23.0 Å². The van der Waals surface area contributed by atoms with Gasteiger partial charge >= 0.3 is 6.36 Å². The van der Waals surface area contributed by atoms with Crippen LogP contribution in [0, 0.1) is 6.92 Å². The van der Waals surface area contributed by atoms with Crippen LogP contribution in [0.4, 0.5) is 13.2 Å². The lowest BCUT2D eigenvalue weighted by atomic mass is 10.1. The normalized spacial score (nSPS) is 11.3. The number of carbonyl (C=O) groups is 1. The Morgan fingerprint density at radius 2 is 2.19 bits per heavy atom. The zero-order valence-electron chi connectivity index (χ0n) is 8.34. The highest BCUT2D eigenvalue weighted by atomic mass is 19.4. The Kier molecular flexibility index (Phi) is 3.48. The molecule has 1 aromatic rings. The summed E-state index contributed by atoms with van der Waals surface area (Å²) < 4.78 is 40.0. The minimum atomic E-state index is -4.81. The smallest absolute Gasteiger partial charge is 0.403 e. The SMILES string of the molecule is Cc1nc(C=O)cc(CN)c1OC(F)(F)F. The first kappa shape index (κ1) is 12.4. The molecule has 16 heavy (non-hydrogen) atoms. The molecule has 0 aromatic carbocycles. The van der Waals surface area contributed by atoms with Gasteiger partial charge in [-0.2, -0.15) is 0 Å². The number of rotatable bonds is 3. The van der Waals surface area contributed by atoms with E-state index in [-0.39, 0.29) is 23.5 Å². The molecule has 0 radical (unpaired) electrons. The number of alkyl halides is 3. The molecule has 2 N–H and O–H groups in total. The molecule has 0 fully saturated rings. The van der Waals surface area contributed by atoms with E-state index >= 15 is 0 Å². The van der Waals surface area contributed by atoms with Crippen LogP contribution in [0.25, 0.3) is 0 Å². The first-order valence-electron chi connectivity index (χ1n) is 4.29. The van der Waals surface area contributed by atoms with Gasteiger partial charge in [0.05, 0.1) is 5.69 Å². The van der Waals surface area contributed by atoms with Crippen molar-refractivity contribution in [3.63, 3.8) is 0 Å². The summed E-state index contributed by atoms with van der Waals surface area (Å²) in [5.74, 6) is -0.444. The molecule has 0 bridgehead atoms. The lowest BCUT2D eigenvalue weighted by molar-refractivity contribution is -0.275. The zero-order valence-corrected chi connectivity index (χ0v) is 8.34. The molecule has 7 heteroatoms. The molecule has 1 aromatic heterocycles. The second-order valence-electron chi connectivity index (χ2n) is 2.99. The summed E-state index contributed by atoms with van der Waals surface area (Å²) in [6, 6.07) is 1.17. The molecule has 4 nitrogen and oxygen atoms in total. The van der Waals surface area contributed by atoms with Gasteiger partial charge in [-0.15, -0.1) is 13.2 Å². The minimum absolute atomic E-state index is 0.0208. The predicted molar refractivity (Wildman–Crippen MR) is 48.9 cm³/mol. The van der Waals surface area contributed by atoms with Crippen LogP contribution in [0.5, 0.6) is 5.75 Å². The molecule has 0 saturated heterocycles. The molecular weight excluding hydrogens is 225 g/mol. The fourth-order valence-corrected chi connectivity index (χ4v) is 1.22. The van der Waals surface area contributed by atoms with E-state index in [1.54, 1.807) is 0 Å². The summed E-state index contributed by atoms with van der Waals surface area (Å²) in [7, 11) is 0. The minimum Gasteiger partial charge on any atom is -0.403 e. The van der Waals surface area contributed by atoms with Gasteiger partial charge in [-0.05, 0) is 13.0 Å². The highest BCUT2D eigenvalue weighted by Crippen LogP contribution is 2.28. The summed E-state index contributed by atoms with van der Waals surface area (Å²) >= 11 is 0. The third-order valence-electron chi connectivity index (χ3n) is 1.80. The monoisotopic (exact) mass is 234 g/mol. The molecule has 0 aliphatic heterocycles. The van der Waals surface area contributed by atoms with E-state index in [1.165, 1.54) is 13.0 Å². The lowest BCUT2D eigenvalue weighted by Gasteiger charge is -2.14. The standard InChI is InChI=1S/C9H9F3N2O2/c1-5-8(16-9(10,11)12)6(3-13)2-7(4-15)14-5/h2,4H,3,13H2,1H3. The maximum atomic E-state index is 12.1. The number of pyridine rings is 1. The summed E-state index contributed by atoms with van der Waals surface area (Å²) in [6.45, 7) is 1.14. The molecule has 0 spiro atoms. The summed E-state index contributed by atoms with van der Waals surface area (Å²) in [6.07, 6.45) is -4.37. The topological polar surface area (TPSA) is 65.2 Å². The van der Waals surface area contributed by atoms with E-state index in [0.29, 0.717) is 6.29 Å². The third kappa shape index (κ3) is 2.93. The first-order valence-corrected chi connectivity index (χ1v) is 4.29. The first-order chi connectivity index (χ1) is 7.37.